The largest absolute Gasteiger partial charge is 0.316 e. The molecule has 0 aromatic rings. The third kappa shape index (κ3) is 2.05. The van der Waals surface area contributed by atoms with Gasteiger partial charge in [0, 0.05) is 51.4 Å². The Morgan fingerprint density at radius 1 is 1.13 bits per heavy atom. The monoisotopic (exact) mass is 209 g/mol. The van der Waals surface area contributed by atoms with Crippen LogP contribution in [0.5, 0.6) is 0 Å². The second kappa shape index (κ2) is 3.72. The summed E-state index contributed by atoms with van der Waals surface area (Å²) in [5, 5.41) is 3.36. The summed E-state index contributed by atoms with van der Waals surface area (Å²) >= 11 is 0. The van der Waals surface area contributed by atoms with Crippen LogP contribution in [0, 0.1) is 5.92 Å². The molecule has 0 radical (unpaired) electrons. The number of nitrogens with one attached hydrogen (secondary N) is 1. The summed E-state index contributed by atoms with van der Waals surface area (Å²) in [6.07, 6.45) is 2.86. The fourth-order valence-electron chi connectivity index (χ4n) is 2.81. The van der Waals surface area contributed by atoms with Crippen LogP contribution < -0.4 is 5.32 Å². The average Bonchev–Trinajstić information content (AvgIpc) is 2.93. The van der Waals surface area contributed by atoms with Gasteiger partial charge in [-0.25, -0.2) is 0 Å². The quantitative estimate of drug-likeness (QED) is 0.725. The molecular formula is C12H23N3. The van der Waals surface area contributed by atoms with Gasteiger partial charge in [-0.15, -0.1) is 0 Å². The topological polar surface area (TPSA) is 18.5 Å². The van der Waals surface area contributed by atoms with Crippen molar-refractivity contribution in [2.45, 2.75) is 25.3 Å². The Kier molecular flexibility index (Phi) is 2.49. The van der Waals surface area contributed by atoms with E-state index < -0.39 is 0 Å². The van der Waals surface area contributed by atoms with Gasteiger partial charge in [-0.05, 0) is 25.7 Å². The van der Waals surface area contributed by atoms with Crippen LogP contribution in [0.3, 0.4) is 0 Å². The zero-order chi connectivity index (χ0) is 10.3. The first-order valence-corrected chi connectivity index (χ1v) is 6.44. The molecule has 1 N–H and O–H groups in total. The van der Waals surface area contributed by atoms with Crippen LogP contribution in [0.1, 0.15) is 19.8 Å². The van der Waals surface area contributed by atoms with Gasteiger partial charge in [0.25, 0.3) is 0 Å². The summed E-state index contributed by atoms with van der Waals surface area (Å²) in [6.45, 7) is 11.5. The third-order valence-electron chi connectivity index (χ3n) is 4.49. The van der Waals surface area contributed by atoms with E-state index in [2.05, 4.69) is 22.0 Å². The molecule has 0 spiro atoms. The minimum Gasteiger partial charge on any atom is -0.316 e. The molecule has 86 valence electrons. The van der Waals surface area contributed by atoms with Gasteiger partial charge in [-0.1, -0.05) is 0 Å². The van der Waals surface area contributed by atoms with Gasteiger partial charge in [0.2, 0.25) is 0 Å². The highest BCUT2D eigenvalue weighted by Crippen LogP contribution is 2.41. The molecule has 2 saturated heterocycles. The minimum absolute atomic E-state index is 0.601. The highest BCUT2D eigenvalue weighted by molar-refractivity contribution is 5.01. The van der Waals surface area contributed by atoms with E-state index in [4.69, 9.17) is 0 Å². The molecule has 1 aliphatic carbocycles. The first-order chi connectivity index (χ1) is 7.26. The number of hydrogen-bond acceptors (Lipinski definition) is 3. The average molecular weight is 209 g/mol. The fraction of sp³-hybridized carbons (Fsp3) is 1.00. The van der Waals surface area contributed by atoms with Crippen molar-refractivity contribution in [2.75, 3.05) is 45.8 Å². The number of nitrogens with zero attached hydrogens (tertiary/aromatic N) is 2. The Labute approximate surface area is 92.8 Å². The van der Waals surface area contributed by atoms with Crippen molar-refractivity contribution >= 4 is 0 Å². The van der Waals surface area contributed by atoms with Crippen molar-refractivity contribution in [1.82, 2.24) is 15.1 Å². The molecule has 0 aromatic carbocycles. The fourth-order valence-corrected chi connectivity index (χ4v) is 2.81. The second-order valence-corrected chi connectivity index (χ2v) is 5.81. The number of piperazine rings is 1. The second-order valence-electron chi connectivity index (χ2n) is 5.81. The highest BCUT2D eigenvalue weighted by Gasteiger charge is 2.43. The Morgan fingerprint density at radius 2 is 1.80 bits per heavy atom. The van der Waals surface area contributed by atoms with Crippen molar-refractivity contribution in [1.29, 1.82) is 0 Å². The molecular weight excluding hydrogens is 186 g/mol. The summed E-state index contributed by atoms with van der Waals surface area (Å²) in [4.78, 5) is 5.37. The van der Waals surface area contributed by atoms with Gasteiger partial charge in [0.1, 0.15) is 0 Å². The lowest BCUT2D eigenvalue weighted by atomic mass is 10.0. The molecule has 3 nitrogen and oxygen atoms in total. The maximum absolute atomic E-state index is 3.36. The molecule has 0 atom stereocenters. The maximum atomic E-state index is 3.36. The van der Waals surface area contributed by atoms with Crippen LogP contribution in [0.25, 0.3) is 0 Å². The maximum Gasteiger partial charge on any atom is 0.0183 e. The Balaban J connectivity index is 1.43. The van der Waals surface area contributed by atoms with E-state index in [1.807, 2.05) is 0 Å². The van der Waals surface area contributed by atoms with E-state index in [9.17, 15) is 0 Å². The Bertz CT molecular complexity index is 225. The van der Waals surface area contributed by atoms with Gasteiger partial charge in [-0.3, -0.25) is 4.90 Å². The molecule has 3 heteroatoms. The molecule has 15 heavy (non-hydrogen) atoms. The van der Waals surface area contributed by atoms with Crippen molar-refractivity contribution in [3.8, 4) is 0 Å². The van der Waals surface area contributed by atoms with Gasteiger partial charge in [0.05, 0.1) is 0 Å². The van der Waals surface area contributed by atoms with Crippen LogP contribution in [-0.2, 0) is 0 Å². The zero-order valence-electron chi connectivity index (χ0n) is 9.84. The summed E-state index contributed by atoms with van der Waals surface area (Å²) in [5.74, 6) is 0.938. The van der Waals surface area contributed by atoms with E-state index >= 15 is 0 Å². The zero-order valence-corrected chi connectivity index (χ0v) is 9.84. The lowest BCUT2D eigenvalue weighted by Gasteiger charge is -2.41. The molecule has 3 rings (SSSR count). The van der Waals surface area contributed by atoms with E-state index in [0.29, 0.717) is 5.54 Å². The number of rotatable bonds is 3. The lowest BCUT2D eigenvalue weighted by molar-refractivity contribution is 0.0756. The predicted molar refractivity (Wildman–Crippen MR) is 62.0 cm³/mol. The van der Waals surface area contributed by atoms with Gasteiger partial charge >= 0.3 is 0 Å². The summed E-state index contributed by atoms with van der Waals surface area (Å²) in [6, 6.07) is 0. The Morgan fingerprint density at radius 3 is 2.27 bits per heavy atom. The first-order valence-electron chi connectivity index (χ1n) is 6.44. The third-order valence-corrected chi connectivity index (χ3v) is 4.49. The van der Waals surface area contributed by atoms with Crippen LogP contribution in [0.15, 0.2) is 0 Å². The van der Waals surface area contributed by atoms with Crippen molar-refractivity contribution in [3.63, 3.8) is 0 Å². The van der Waals surface area contributed by atoms with Gasteiger partial charge in [0.15, 0.2) is 0 Å². The lowest BCUT2D eigenvalue weighted by Crippen LogP contribution is -2.55. The SMILES string of the molecule is CC1(N2CCN(CC3CNC3)CC2)CC1. The molecule has 0 amide bonds. The molecule has 0 aromatic heterocycles. The standard InChI is InChI=1S/C12H23N3/c1-12(2-3-12)15-6-4-14(5-7-15)10-11-8-13-9-11/h11,13H,2-10H2,1H3. The smallest absolute Gasteiger partial charge is 0.0183 e. The summed E-state index contributed by atoms with van der Waals surface area (Å²) in [5.41, 5.74) is 0.601. The van der Waals surface area contributed by atoms with Crippen LogP contribution >= 0.6 is 0 Å². The normalized spacial score (nSPS) is 32.6. The van der Waals surface area contributed by atoms with E-state index in [-0.39, 0.29) is 0 Å². The predicted octanol–water partition coefficient (Wildman–Crippen LogP) is 0.376. The highest BCUT2D eigenvalue weighted by atomic mass is 15.3. The van der Waals surface area contributed by atoms with Gasteiger partial charge < -0.3 is 10.2 Å². The van der Waals surface area contributed by atoms with E-state index in [1.54, 1.807) is 0 Å². The molecule has 2 aliphatic heterocycles. The van der Waals surface area contributed by atoms with Crippen molar-refractivity contribution < 1.29 is 0 Å². The summed E-state index contributed by atoms with van der Waals surface area (Å²) < 4.78 is 0. The van der Waals surface area contributed by atoms with Crippen LogP contribution in [0.2, 0.25) is 0 Å². The van der Waals surface area contributed by atoms with Crippen molar-refractivity contribution in [2.24, 2.45) is 5.92 Å². The van der Waals surface area contributed by atoms with Crippen LogP contribution in [-0.4, -0.2) is 61.2 Å². The molecule has 0 bridgehead atoms. The van der Waals surface area contributed by atoms with Crippen LogP contribution in [0.4, 0.5) is 0 Å². The summed E-state index contributed by atoms with van der Waals surface area (Å²) in [7, 11) is 0. The Hall–Kier alpha value is -0.120. The number of hydrogen-bond donors (Lipinski definition) is 1. The van der Waals surface area contributed by atoms with E-state index in [0.717, 1.165) is 5.92 Å². The molecule has 3 aliphatic rings. The molecule has 0 unspecified atom stereocenters. The van der Waals surface area contributed by atoms with Gasteiger partial charge in [-0.2, -0.15) is 0 Å². The van der Waals surface area contributed by atoms with Crippen molar-refractivity contribution in [3.05, 3.63) is 0 Å². The van der Waals surface area contributed by atoms with E-state index in [1.165, 1.54) is 58.7 Å². The molecule has 3 fully saturated rings. The first kappa shape index (κ1) is 10.1. The minimum atomic E-state index is 0.601. The molecule has 2 heterocycles. The molecule has 1 saturated carbocycles.